The molecule has 3 aliphatic rings. The molecule has 0 aromatic heterocycles. The maximum Gasteiger partial charge on any atom is 0.217 e. The van der Waals surface area contributed by atoms with Gasteiger partial charge < -0.3 is 4.74 Å². The quantitative estimate of drug-likeness (QED) is 0.789. The molecule has 2 saturated heterocycles. The van der Waals surface area contributed by atoms with E-state index in [0.29, 0.717) is 19.5 Å². The summed E-state index contributed by atoms with van der Waals surface area (Å²) < 4.78 is 33.9. The molecule has 0 bridgehead atoms. The predicted molar refractivity (Wildman–Crippen MR) is 88.3 cm³/mol. The van der Waals surface area contributed by atoms with Crippen molar-refractivity contribution in [2.24, 2.45) is 0 Å². The van der Waals surface area contributed by atoms with Crippen LogP contribution >= 0.6 is 0 Å². The molecule has 0 aromatic carbocycles. The Labute approximate surface area is 140 Å². The summed E-state index contributed by atoms with van der Waals surface area (Å²) in [7, 11) is -3.18. The van der Waals surface area contributed by atoms with E-state index in [2.05, 4.69) is 6.07 Å². The van der Waals surface area contributed by atoms with Crippen LogP contribution in [0.2, 0.25) is 0 Å². The molecule has 2 atom stereocenters. The largest absolute Gasteiger partial charge is 0.370 e. The van der Waals surface area contributed by atoms with Gasteiger partial charge in [0.05, 0.1) is 23.0 Å². The van der Waals surface area contributed by atoms with Crippen LogP contribution in [0.5, 0.6) is 0 Å². The average molecular weight is 340 g/mol. The molecule has 0 unspecified atom stereocenters. The molecule has 1 spiro atoms. The lowest BCUT2D eigenvalue weighted by atomic mass is 9.91. The number of sulfonamides is 1. The molecule has 23 heavy (non-hydrogen) atoms. The number of ether oxygens (including phenoxy) is 1. The van der Waals surface area contributed by atoms with Crippen molar-refractivity contribution in [1.82, 2.24) is 4.31 Å². The van der Waals surface area contributed by atoms with Crippen LogP contribution in [0.1, 0.15) is 70.6 Å². The van der Waals surface area contributed by atoms with Gasteiger partial charge in [-0.15, -0.1) is 0 Å². The normalized spacial score (nSPS) is 33.8. The van der Waals surface area contributed by atoms with Gasteiger partial charge in [0.1, 0.15) is 0 Å². The fourth-order valence-corrected chi connectivity index (χ4v) is 6.62. The number of piperidine rings is 1. The molecule has 6 heteroatoms. The number of nitriles is 1. The van der Waals surface area contributed by atoms with Gasteiger partial charge in [0.2, 0.25) is 10.0 Å². The minimum absolute atomic E-state index is 0.131. The van der Waals surface area contributed by atoms with E-state index in [1.807, 2.05) is 0 Å². The Morgan fingerprint density at radius 1 is 1.13 bits per heavy atom. The minimum Gasteiger partial charge on any atom is -0.370 e. The first-order chi connectivity index (χ1) is 11.1. The smallest absolute Gasteiger partial charge is 0.217 e. The van der Waals surface area contributed by atoms with Crippen LogP contribution in [0.3, 0.4) is 0 Å². The first kappa shape index (κ1) is 17.2. The predicted octanol–water partition coefficient (Wildman–Crippen LogP) is 2.97. The molecule has 0 radical (unpaired) electrons. The van der Waals surface area contributed by atoms with Gasteiger partial charge in [-0.3, -0.25) is 0 Å². The van der Waals surface area contributed by atoms with E-state index in [4.69, 9.17) is 10.00 Å². The Hall–Kier alpha value is -0.640. The van der Waals surface area contributed by atoms with Gasteiger partial charge in [0.25, 0.3) is 0 Å². The van der Waals surface area contributed by atoms with Gasteiger partial charge in [-0.1, -0.05) is 19.3 Å². The van der Waals surface area contributed by atoms with E-state index in [1.165, 1.54) is 6.42 Å². The van der Waals surface area contributed by atoms with Crippen LogP contribution in [-0.4, -0.2) is 42.8 Å². The summed E-state index contributed by atoms with van der Waals surface area (Å²) >= 11 is 0. The second kappa shape index (κ2) is 7.08. The maximum absolute atomic E-state index is 13.0. The first-order valence-electron chi connectivity index (χ1n) is 9.09. The van der Waals surface area contributed by atoms with Gasteiger partial charge in [0, 0.05) is 19.5 Å². The fraction of sp³-hybridized carbons (Fsp3) is 0.941. The van der Waals surface area contributed by atoms with Crippen molar-refractivity contribution < 1.29 is 13.2 Å². The number of hydrogen-bond donors (Lipinski definition) is 0. The van der Waals surface area contributed by atoms with Crippen LogP contribution < -0.4 is 0 Å². The number of nitrogens with zero attached hydrogens (tertiary/aromatic N) is 2. The fourth-order valence-electron chi connectivity index (χ4n) is 4.47. The van der Waals surface area contributed by atoms with Crippen molar-refractivity contribution in [3.8, 4) is 6.07 Å². The van der Waals surface area contributed by atoms with Gasteiger partial charge in [-0.25, -0.2) is 8.42 Å². The molecule has 3 rings (SSSR count). The summed E-state index contributed by atoms with van der Waals surface area (Å²) in [5, 5.41) is 8.55. The lowest BCUT2D eigenvalue weighted by molar-refractivity contribution is -0.0708. The molecule has 0 aromatic rings. The Morgan fingerprint density at radius 3 is 2.65 bits per heavy atom. The molecule has 1 aliphatic carbocycles. The third-order valence-electron chi connectivity index (χ3n) is 5.75. The van der Waals surface area contributed by atoms with Crippen molar-refractivity contribution in [3.05, 3.63) is 0 Å². The summed E-state index contributed by atoms with van der Waals surface area (Å²) in [6.45, 7) is 1.17. The molecular weight excluding hydrogens is 312 g/mol. The molecular formula is C17H28N2O3S. The summed E-state index contributed by atoms with van der Waals surface area (Å²) in [5.74, 6) is 0. The molecule has 0 amide bonds. The van der Waals surface area contributed by atoms with E-state index in [-0.39, 0.29) is 17.0 Å². The summed E-state index contributed by atoms with van der Waals surface area (Å²) in [6.07, 6.45) is 10.0. The highest BCUT2D eigenvalue weighted by molar-refractivity contribution is 7.89. The highest BCUT2D eigenvalue weighted by Crippen LogP contribution is 2.40. The molecule has 130 valence electrons. The van der Waals surface area contributed by atoms with Crippen molar-refractivity contribution in [3.63, 3.8) is 0 Å². The minimum atomic E-state index is -3.18. The molecule has 5 nitrogen and oxygen atoms in total. The van der Waals surface area contributed by atoms with Crippen molar-refractivity contribution >= 4 is 10.0 Å². The number of hydrogen-bond acceptors (Lipinski definition) is 4. The van der Waals surface area contributed by atoms with Crippen LogP contribution in [-0.2, 0) is 14.8 Å². The van der Waals surface area contributed by atoms with E-state index in [9.17, 15) is 8.42 Å². The van der Waals surface area contributed by atoms with Gasteiger partial charge in [-0.05, 0) is 44.9 Å². The molecule has 0 N–H and O–H groups in total. The third-order valence-corrected chi connectivity index (χ3v) is 8.10. The van der Waals surface area contributed by atoms with Crippen LogP contribution in [0.25, 0.3) is 0 Å². The monoisotopic (exact) mass is 340 g/mol. The van der Waals surface area contributed by atoms with E-state index in [0.717, 1.165) is 57.8 Å². The highest BCUT2D eigenvalue weighted by atomic mass is 32.2. The number of rotatable bonds is 4. The molecule has 2 heterocycles. The molecule has 1 saturated carbocycles. The average Bonchev–Trinajstić information content (AvgIpc) is 2.96. The van der Waals surface area contributed by atoms with E-state index < -0.39 is 10.0 Å². The van der Waals surface area contributed by atoms with Crippen LogP contribution in [0.15, 0.2) is 0 Å². The van der Waals surface area contributed by atoms with Gasteiger partial charge in [0.15, 0.2) is 0 Å². The van der Waals surface area contributed by atoms with Crippen molar-refractivity contribution in [2.75, 3.05) is 13.1 Å². The Balaban J connectivity index is 1.65. The first-order valence-corrected chi connectivity index (χ1v) is 10.6. The highest BCUT2D eigenvalue weighted by Gasteiger charge is 2.46. The standard InChI is InChI=1S/C17H28N2O3S/c18-12-4-6-15-9-11-17(22-15)10-5-13-19(14-17)23(20,21)16-7-2-1-3-8-16/h15-16H,1-11,13-14H2/t15-,17+/m1/s1. The topological polar surface area (TPSA) is 70.4 Å². The SMILES string of the molecule is N#CCC[C@@H]1CC[C@]2(CCCN(S(=O)(=O)C3CCCCC3)C2)O1. The lowest BCUT2D eigenvalue weighted by Crippen LogP contribution is -2.52. The lowest BCUT2D eigenvalue weighted by Gasteiger charge is -2.41. The zero-order valence-electron chi connectivity index (χ0n) is 13.9. The summed E-state index contributed by atoms with van der Waals surface area (Å²) in [4.78, 5) is 0. The Bertz CT molecular complexity index is 551. The Morgan fingerprint density at radius 2 is 1.91 bits per heavy atom. The van der Waals surface area contributed by atoms with Crippen LogP contribution in [0.4, 0.5) is 0 Å². The van der Waals surface area contributed by atoms with Crippen LogP contribution in [0, 0.1) is 11.3 Å². The van der Waals surface area contributed by atoms with Gasteiger partial charge >= 0.3 is 0 Å². The van der Waals surface area contributed by atoms with E-state index >= 15 is 0 Å². The molecule has 3 fully saturated rings. The van der Waals surface area contributed by atoms with Gasteiger partial charge in [-0.2, -0.15) is 9.57 Å². The summed E-state index contributed by atoms with van der Waals surface area (Å²) in [5.41, 5.74) is -0.292. The van der Waals surface area contributed by atoms with Crippen molar-refractivity contribution in [2.45, 2.75) is 87.6 Å². The second-order valence-corrected chi connectivity index (χ2v) is 9.61. The van der Waals surface area contributed by atoms with Crippen molar-refractivity contribution in [1.29, 1.82) is 5.26 Å². The summed E-state index contributed by atoms with van der Waals surface area (Å²) in [6, 6.07) is 2.18. The maximum atomic E-state index is 13.0. The zero-order chi connectivity index (χ0) is 16.3. The van der Waals surface area contributed by atoms with E-state index in [1.54, 1.807) is 4.31 Å². The second-order valence-electron chi connectivity index (χ2n) is 7.40. The zero-order valence-corrected chi connectivity index (χ0v) is 14.7. The Kier molecular flexibility index (Phi) is 5.29. The third kappa shape index (κ3) is 3.72. The molecule has 2 aliphatic heterocycles.